The first-order valence-electron chi connectivity index (χ1n) is 6.70. The van der Waals surface area contributed by atoms with Gasteiger partial charge >= 0.3 is 0 Å². The number of nitrogens with zero attached hydrogens (tertiary/aromatic N) is 2. The van der Waals surface area contributed by atoms with Crippen molar-refractivity contribution in [2.75, 3.05) is 6.61 Å². The van der Waals surface area contributed by atoms with Crippen molar-refractivity contribution < 1.29 is 14.6 Å². The largest absolute Gasteiger partial charge is 0.487 e. The second kappa shape index (κ2) is 5.46. The van der Waals surface area contributed by atoms with Crippen LogP contribution in [0.5, 0.6) is 5.75 Å². The molecule has 0 unspecified atom stereocenters. The van der Waals surface area contributed by atoms with Crippen molar-refractivity contribution >= 4 is 5.78 Å². The van der Waals surface area contributed by atoms with Crippen LogP contribution in [0.2, 0.25) is 0 Å². The second-order valence-electron chi connectivity index (χ2n) is 4.74. The normalized spacial score (nSPS) is 13.6. The standard InChI is InChI=1S/C15H16N2O3/c18-9-8-17-13-6-7-14(19)15(13)12(16-17)10-20-11-4-2-1-3-5-11/h1-5,18H,6-10H2. The lowest BCUT2D eigenvalue weighted by Gasteiger charge is -2.04. The van der Waals surface area contributed by atoms with Crippen molar-refractivity contribution in [3.63, 3.8) is 0 Å². The number of hydrogen-bond acceptors (Lipinski definition) is 4. The minimum absolute atomic E-state index is 0.0152. The maximum absolute atomic E-state index is 11.9. The Bertz CT molecular complexity index is 620. The predicted octanol–water partition coefficient (Wildman–Crippen LogP) is 1.58. The fourth-order valence-corrected chi connectivity index (χ4v) is 2.53. The Morgan fingerprint density at radius 2 is 2.05 bits per heavy atom. The highest BCUT2D eigenvalue weighted by Crippen LogP contribution is 2.26. The lowest BCUT2D eigenvalue weighted by Crippen LogP contribution is -2.08. The SMILES string of the molecule is O=C1CCc2c1c(COc1ccccc1)nn2CCO. The van der Waals surface area contributed by atoms with E-state index >= 15 is 0 Å². The van der Waals surface area contributed by atoms with Crippen molar-refractivity contribution in [1.29, 1.82) is 0 Å². The monoisotopic (exact) mass is 272 g/mol. The Morgan fingerprint density at radius 3 is 2.80 bits per heavy atom. The second-order valence-corrected chi connectivity index (χ2v) is 4.74. The highest BCUT2D eigenvalue weighted by atomic mass is 16.5. The van der Waals surface area contributed by atoms with E-state index in [1.165, 1.54) is 0 Å². The van der Waals surface area contributed by atoms with Gasteiger partial charge in [0, 0.05) is 6.42 Å². The molecule has 1 N–H and O–H groups in total. The molecule has 2 aromatic rings. The summed E-state index contributed by atoms with van der Waals surface area (Å²) in [6, 6.07) is 9.45. The van der Waals surface area contributed by atoms with Crippen molar-refractivity contribution in [1.82, 2.24) is 9.78 Å². The van der Waals surface area contributed by atoms with E-state index in [1.54, 1.807) is 4.68 Å². The van der Waals surface area contributed by atoms with Gasteiger partial charge in [-0.1, -0.05) is 18.2 Å². The first kappa shape index (κ1) is 12.9. The number of carbonyl (C=O) groups is 1. The zero-order valence-electron chi connectivity index (χ0n) is 11.1. The van der Waals surface area contributed by atoms with E-state index in [1.807, 2.05) is 30.3 Å². The maximum Gasteiger partial charge on any atom is 0.167 e. The molecule has 0 fully saturated rings. The molecule has 0 radical (unpaired) electrons. The lowest BCUT2D eigenvalue weighted by atomic mass is 10.2. The van der Waals surface area contributed by atoms with Gasteiger partial charge in [-0.25, -0.2) is 0 Å². The van der Waals surface area contributed by atoms with Crippen LogP contribution in [0.4, 0.5) is 0 Å². The summed E-state index contributed by atoms with van der Waals surface area (Å²) in [5.74, 6) is 0.874. The quantitative estimate of drug-likeness (QED) is 0.897. The first-order valence-corrected chi connectivity index (χ1v) is 6.70. The van der Waals surface area contributed by atoms with E-state index in [4.69, 9.17) is 9.84 Å². The lowest BCUT2D eigenvalue weighted by molar-refractivity contribution is 0.0992. The van der Waals surface area contributed by atoms with Gasteiger partial charge in [-0.2, -0.15) is 5.10 Å². The molecule has 0 aliphatic heterocycles. The molecule has 5 nitrogen and oxygen atoms in total. The molecule has 0 saturated carbocycles. The molecule has 0 spiro atoms. The molecule has 0 amide bonds. The molecule has 1 aromatic carbocycles. The number of ketones is 1. The van der Waals surface area contributed by atoms with Crippen LogP contribution < -0.4 is 4.74 Å². The van der Waals surface area contributed by atoms with Crippen molar-refractivity contribution in [3.05, 3.63) is 47.3 Å². The fourth-order valence-electron chi connectivity index (χ4n) is 2.53. The van der Waals surface area contributed by atoms with Gasteiger partial charge in [0.15, 0.2) is 5.78 Å². The van der Waals surface area contributed by atoms with Crippen molar-refractivity contribution in [3.8, 4) is 5.75 Å². The fraction of sp³-hybridized carbons (Fsp3) is 0.333. The molecule has 5 heteroatoms. The molecule has 1 aromatic heterocycles. The number of ether oxygens (including phenoxy) is 1. The van der Waals surface area contributed by atoms with Gasteiger partial charge < -0.3 is 9.84 Å². The van der Waals surface area contributed by atoms with Gasteiger partial charge in [0.05, 0.1) is 24.4 Å². The summed E-state index contributed by atoms with van der Waals surface area (Å²) in [6.07, 6.45) is 1.23. The Kier molecular flexibility index (Phi) is 3.52. The van der Waals surface area contributed by atoms with Crippen LogP contribution in [0.1, 0.15) is 28.2 Å². The molecule has 0 bridgehead atoms. The minimum Gasteiger partial charge on any atom is -0.487 e. The molecule has 20 heavy (non-hydrogen) atoms. The van der Waals surface area contributed by atoms with Crippen LogP contribution in [-0.4, -0.2) is 27.3 Å². The van der Waals surface area contributed by atoms with E-state index in [0.717, 1.165) is 11.4 Å². The van der Waals surface area contributed by atoms with Gasteiger partial charge in [-0.3, -0.25) is 9.48 Å². The number of aliphatic hydroxyl groups is 1. The van der Waals surface area contributed by atoms with E-state index in [0.29, 0.717) is 30.6 Å². The van der Waals surface area contributed by atoms with E-state index in [-0.39, 0.29) is 19.0 Å². The topological polar surface area (TPSA) is 64.3 Å². The number of carbonyl (C=O) groups excluding carboxylic acids is 1. The highest BCUT2D eigenvalue weighted by molar-refractivity contribution is 6.01. The number of benzene rings is 1. The molecule has 104 valence electrons. The number of Topliss-reactive ketones (excluding diaryl/α,β-unsaturated/α-hetero) is 1. The molecule has 3 rings (SSSR count). The number of para-hydroxylation sites is 1. The Hall–Kier alpha value is -2.14. The summed E-state index contributed by atoms with van der Waals surface area (Å²) in [5.41, 5.74) is 2.28. The summed E-state index contributed by atoms with van der Waals surface area (Å²) in [4.78, 5) is 11.9. The van der Waals surface area contributed by atoms with Gasteiger partial charge in [-0.05, 0) is 18.6 Å². The number of rotatable bonds is 5. The Morgan fingerprint density at radius 1 is 1.25 bits per heavy atom. The number of aliphatic hydroxyl groups excluding tert-OH is 1. The van der Waals surface area contributed by atoms with Crippen molar-refractivity contribution in [2.45, 2.75) is 26.0 Å². The number of hydrogen-bond donors (Lipinski definition) is 1. The molecular formula is C15H16N2O3. The van der Waals surface area contributed by atoms with Gasteiger partial charge in [0.1, 0.15) is 18.1 Å². The number of aromatic nitrogens is 2. The first-order chi connectivity index (χ1) is 9.79. The van der Waals surface area contributed by atoms with E-state index in [9.17, 15) is 4.79 Å². The molecule has 1 aliphatic rings. The summed E-state index contributed by atoms with van der Waals surface area (Å²) in [5, 5.41) is 13.5. The van der Waals surface area contributed by atoms with Crippen LogP contribution in [-0.2, 0) is 19.6 Å². The molecule has 0 atom stereocenters. The van der Waals surface area contributed by atoms with E-state index in [2.05, 4.69) is 5.10 Å². The van der Waals surface area contributed by atoms with Crippen LogP contribution in [0.3, 0.4) is 0 Å². The van der Waals surface area contributed by atoms with Gasteiger partial charge in [0.25, 0.3) is 0 Å². The predicted molar refractivity (Wildman–Crippen MR) is 72.7 cm³/mol. The number of fused-ring (bicyclic) bond motifs is 1. The average Bonchev–Trinajstić information content (AvgIpc) is 3.01. The van der Waals surface area contributed by atoms with Crippen LogP contribution in [0.25, 0.3) is 0 Å². The van der Waals surface area contributed by atoms with Gasteiger partial charge in [-0.15, -0.1) is 0 Å². The zero-order valence-corrected chi connectivity index (χ0v) is 11.1. The molecule has 1 aliphatic carbocycles. The third-order valence-corrected chi connectivity index (χ3v) is 3.43. The Labute approximate surface area is 116 Å². The molecule has 0 saturated heterocycles. The van der Waals surface area contributed by atoms with Crippen LogP contribution >= 0.6 is 0 Å². The van der Waals surface area contributed by atoms with Crippen molar-refractivity contribution in [2.24, 2.45) is 0 Å². The van der Waals surface area contributed by atoms with Crippen LogP contribution in [0.15, 0.2) is 30.3 Å². The van der Waals surface area contributed by atoms with E-state index < -0.39 is 0 Å². The summed E-state index contributed by atoms with van der Waals surface area (Å²) >= 11 is 0. The average molecular weight is 272 g/mol. The highest BCUT2D eigenvalue weighted by Gasteiger charge is 2.29. The third kappa shape index (κ3) is 2.32. The third-order valence-electron chi connectivity index (χ3n) is 3.43. The van der Waals surface area contributed by atoms with Crippen LogP contribution in [0, 0.1) is 0 Å². The minimum atomic E-state index is 0.0152. The summed E-state index contributed by atoms with van der Waals surface area (Å²) < 4.78 is 7.39. The maximum atomic E-state index is 11.9. The zero-order chi connectivity index (χ0) is 13.9. The molecule has 1 heterocycles. The smallest absolute Gasteiger partial charge is 0.167 e. The Balaban J connectivity index is 1.83. The molecular weight excluding hydrogens is 256 g/mol. The van der Waals surface area contributed by atoms with Gasteiger partial charge in [0.2, 0.25) is 0 Å². The summed E-state index contributed by atoms with van der Waals surface area (Å²) in [6.45, 7) is 0.707. The summed E-state index contributed by atoms with van der Waals surface area (Å²) in [7, 11) is 0.